The first-order chi connectivity index (χ1) is 9.17. The molecular weight excluding hydrogens is 240 g/mol. The number of hydrogen-bond donors (Lipinski definition) is 2. The Morgan fingerprint density at radius 1 is 1.16 bits per heavy atom. The summed E-state index contributed by atoms with van der Waals surface area (Å²) in [4.78, 5) is 8.61. The van der Waals surface area contributed by atoms with Crippen LogP contribution < -0.4 is 15.4 Å². The van der Waals surface area contributed by atoms with E-state index < -0.39 is 0 Å². The van der Waals surface area contributed by atoms with E-state index in [1.165, 1.54) is 25.7 Å². The van der Waals surface area contributed by atoms with Crippen molar-refractivity contribution in [3.8, 4) is 5.88 Å². The normalized spacial score (nSPS) is 23.4. The van der Waals surface area contributed by atoms with Gasteiger partial charge in [0.25, 0.3) is 0 Å². The maximum atomic E-state index is 5.55. The van der Waals surface area contributed by atoms with Gasteiger partial charge in [0.2, 0.25) is 5.88 Å². The summed E-state index contributed by atoms with van der Waals surface area (Å²) in [6, 6.07) is 1.16. The van der Waals surface area contributed by atoms with Crippen LogP contribution in [0.3, 0.4) is 0 Å². The Balaban J connectivity index is 1.89. The highest BCUT2D eigenvalue weighted by Gasteiger charge is 2.20. The smallest absolute Gasteiger partial charge is 0.234 e. The number of anilines is 1. The fourth-order valence-electron chi connectivity index (χ4n) is 2.45. The van der Waals surface area contributed by atoms with Crippen molar-refractivity contribution in [3.05, 3.63) is 12.4 Å². The number of nitrogens with one attached hydrogen (secondary N) is 2. The molecule has 0 aliphatic heterocycles. The van der Waals surface area contributed by atoms with Crippen molar-refractivity contribution in [1.82, 2.24) is 15.3 Å². The molecule has 1 heterocycles. The molecule has 0 amide bonds. The van der Waals surface area contributed by atoms with Gasteiger partial charge in [-0.2, -0.15) is 4.98 Å². The van der Waals surface area contributed by atoms with Gasteiger partial charge in [-0.25, -0.2) is 0 Å². The predicted octanol–water partition coefficient (Wildman–Crippen LogP) is 2.21. The van der Waals surface area contributed by atoms with Gasteiger partial charge in [0.15, 0.2) is 0 Å². The Hall–Kier alpha value is -1.36. The zero-order valence-electron chi connectivity index (χ0n) is 12.0. The molecule has 0 bridgehead atoms. The predicted molar refractivity (Wildman–Crippen MR) is 76.5 cm³/mol. The van der Waals surface area contributed by atoms with Crippen molar-refractivity contribution in [3.63, 3.8) is 0 Å². The minimum Gasteiger partial charge on any atom is -0.474 e. The first-order valence-electron chi connectivity index (χ1n) is 7.10. The van der Waals surface area contributed by atoms with Gasteiger partial charge in [0.1, 0.15) is 5.82 Å². The third-order valence-electron chi connectivity index (χ3n) is 3.46. The van der Waals surface area contributed by atoms with E-state index in [1.54, 1.807) is 12.4 Å². The lowest BCUT2D eigenvalue weighted by molar-refractivity contribution is 0.232. The molecule has 0 aromatic carbocycles. The van der Waals surface area contributed by atoms with Crippen molar-refractivity contribution in [2.45, 2.75) is 57.7 Å². The van der Waals surface area contributed by atoms with Crippen molar-refractivity contribution >= 4 is 5.82 Å². The molecule has 19 heavy (non-hydrogen) atoms. The van der Waals surface area contributed by atoms with Gasteiger partial charge in [-0.1, -0.05) is 0 Å². The average Bonchev–Trinajstić information content (AvgIpc) is 2.39. The molecule has 5 heteroatoms. The summed E-state index contributed by atoms with van der Waals surface area (Å²) in [5, 5.41) is 6.80. The summed E-state index contributed by atoms with van der Waals surface area (Å²) < 4.78 is 5.55. The third-order valence-corrected chi connectivity index (χ3v) is 3.46. The van der Waals surface area contributed by atoms with E-state index >= 15 is 0 Å². The van der Waals surface area contributed by atoms with Crippen LogP contribution in [-0.2, 0) is 0 Å². The Morgan fingerprint density at radius 2 is 1.84 bits per heavy atom. The highest BCUT2D eigenvalue weighted by Crippen LogP contribution is 2.21. The molecule has 0 atom stereocenters. The fourth-order valence-corrected chi connectivity index (χ4v) is 2.45. The highest BCUT2D eigenvalue weighted by atomic mass is 16.5. The van der Waals surface area contributed by atoms with E-state index in [0.29, 0.717) is 18.0 Å². The lowest BCUT2D eigenvalue weighted by Crippen LogP contribution is -2.35. The minimum atomic E-state index is 0.121. The van der Waals surface area contributed by atoms with Crippen molar-refractivity contribution < 1.29 is 4.74 Å². The van der Waals surface area contributed by atoms with Crippen LogP contribution in [0, 0.1) is 0 Å². The van der Waals surface area contributed by atoms with Crippen LogP contribution in [0.2, 0.25) is 0 Å². The molecule has 2 rings (SSSR count). The molecule has 2 N–H and O–H groups in total. The van der Waals surface area contributed by atoms with Gasteiger partial charge in [-0.05, 0) is 46.6 Å². The lowest BCUT2D eigenvalue weighted by atomic mass is 9.91. The summed E-state index contributed by atoms with van der Waals surface area (Å²) in [5.74, 6) is 1.40. The number of nitrogens with zero attached hydrogens (tertiary/aromatic N) is 2. The summed E-state index contributed by atoms with van der Waals surface area (Å²) >= 11 is 0. The van der Waals surface area contributed by atoms with E-state index in [-0.39, 0.29) is 6.10 Å². The maximum absolute atomic E-state index is 5.55. The number of hydrogen-bond acceptors (Lipinski definition) is 5. The second kappa shape index (κ2) is 6.70. The highest BCUT2D eigenvalue weighted by molar-refractivity contribution is 5.34. The standard InChI is InChI=1S/C14H24N4O/c1-10(2)19-14-9-16-8-13(18-14)17-12-6-4-11(15-3)5-7-12/h8-12,15H,4-7H2,1-3H3,(H,17,18). The molecule has 1 aliphatic carbocycles. The Labute approximate surface area is 115 Å². The molecule has 0 radical (unpaired) electrons. The van der Waals surface area contributed by atoms with Crippen molar-refractivity contribution in [2.24, 2.45) is 0 Å². The van der Waals surface area contributed by atoms with Crippen LogP contribution in [0.25, 0.3) is 0 Å². The molecular formula is C14H24N4O. The molecule has 0 unspecified atom stereocenters. The monoisotopic (exact) mass is 264 g/mol. The lowest BCUT2D eigenvalue weighted by Gasteiger charge is -2.29. The van der Waals surface area contributed by atoms with E-state index in [4.69, 9.17) is 4.74 Å². The fraction of sp³-hybridized carbons (Fsp3) is 0.714. The first kappa shape index (κ1) is 14.1. The number of aromatic nitrogens is 2. The molecule has 1 aromatic rings. The van der Waals surface area contributed by atoms with Gasteiger partial charge >= 0.3 is 0 Å². The first-order valence-corrected chi connectivity index (χ1v) is 7.10. The summed E-state index contributed by atoms with van der Waals surface area (Å²) in [5.41, 5.74) is 0. The van der Waals surface area contributed by atoms with Crippen LogP contribution in [0.1, 0.15) is 39.5 Å². The maximum Gasteiger partial charge on any atom is 0.234 e. The molecule has 1 aromatic heterocycles. The Morgan fingerprint density at radius 3 is 2.47 bits per heavy atom. The molecule has 1 fully saturated rings. The quantitative estimate of drug-likeness (QED) is 0.854. The van der Waals surface area contributed by atoms with Gasteiger partial charge < -0.3 is 15.4 Å². The molecule has 1 saturated carbocycles. The van der Waals surface area contributed by atoms with Gasteiger partial charge in [-0.3, -0.25) is 4.98 Å². The summed E-state index contributed by atoms with van der Waals surface area (Å²) in [7, 11) is 2.04. The Bertz CT molecular complexity index is 389. The molecule has 106 valence electrons. The van der Waals surface area contributed by atoms with Crippen molar-refractivity contribution in [1.29, 1.82) is 0 Å². The van der Waals surface area contributed by atoms with E-state index in [2.05, 4.69) is 20.6 Å². The molecule has 0 spiro atoms. The Kier molecular flexibility index (Phi) is 4.96. The summed E-state index contributed by atoms with van der Waals surface area (Å²) in [6.07, 6.45) is 8.30. The van der Waals surface area contributed by atoms with Crippen LogP contribution in [0.5, 0.6) is 5.88 Å². The molecule has 1 aliphatic rings. The topological polar surface area (TPSA) is 59.1 Å². The molecule has 5 nitrogen and oxygen atoms in total. The second-order valence-electron chi connectivity index (χ2n) is 5.39. The van der Waals surface area contributed by atoms with Crippen LogP contribution in [-0.4, -0.2) is 35.2 Å². The van der Waals surface area contributed by atoms with E-state index in [0.717, 1.165) is 5.82 Å². The van der Waals surface area contributed by atoms with Crippen LogP contribution in [0.4, 0.5) is 5.82 Å². The summed E-state index contributed by atoms with van der Waals surface area (Å²) in [6.45, 7) is 3.97. The van der Waals surface area contributed by atoms with Crippen LogP contribution >= 0.6 is 0 Å². The zero-order valence-corrected chi connectivity index (χ0v) is 12.0. The second-order valence-corrected chi connectivity index (χ2v) is 5.39. The number of rotatable bonds is 5. The largest absolute Gasteiger partial charge is 0.474 e. The van der Waals surface area contributed by atoms with Gasteiger partial charge in [0, 0.05) is 12.1 Å². The van der Waals surface area contributed by atoms with Crippen LogP contribution in [0.15, 0.2) is 12.4 Å². The van der Waals surface area contributed by atoms with E-state index in [9.17, 15) is 0 Å². The van der Waals surface area contributed by atoms with Crippen molar-refractivity contribution in [2.75, 3.05) is 12.4 Å². The van der Waals surface area contributed by atoms with Gasteiger partial charge in [0.05, 0.1) is 18.5 Å². The minimum absolute atomic E-state index is 0.121. The third kappa shape index (κ3) is 4.35. The SMILES string of the molecule is CNC1CCC(Nc2cncc(OC(C)C)n2)CC1. The zero-order chi connectivity index (χ0) is 13.7. The number of ether oxygens (including phenoxy) is 1. The van der Waals surface area contributed by atoms with Gasteiger partial charge in [-0.15, -0.1) is 0 Å². The average molecular weight is 264 g/mol. The van der Waals surface area contributed by atoms with E-state index in [1.807, 2.05) is 20.9 Å². The molecule has 0 saturated heterocycles.